The zero-order valence-electron chi connectivity index (χ0n) is 11.6. The van der Waals surface area contributed by atoms with E-state index in [0.29, 0.717) is 5.56 Å². The Bertz CT molecular complexity index is 727. The second-order valence-corrected chi connectivity index (χ2v) is 5.09. The van der Waals surface area contributed by atoms with E-state index in [1.54, 1.807) is 18.2 Å². The molecule has 2 aromatic carbocycles. The number of carbonyl (C=O) groups excluding carboxylic acids is 1. The number of nitrogens with one attached hydrogen (secondary N) is 1. The van der Waals surface area contributed by atoms with Gasteiger partial charge in [0.1, 0.15) is 5.75 Å². The Kier molecular flexibility index (Phi) is 4.00. The lowest BCUT2D eigenvalue weighted by atomic mass is 10.0. The first-order valence-electron chi connectivity index (χ1n) is 6.94. The first-order valence-corrected chi connectivity index (χ1v) is 6.94. The molecule has 2 aromatic rings. The molecule has 0 bridgehead atoms. The number of nitrogens with zero attached hydrogens (tertiary/aromatic N) is 1. The van der Waals surface area contributed by atoms with Crippen LogP contribution in [0.25, 0.3) is 10.8 Å². The molecule has 4 nitrogen and oxygen atoms in total. The molecule has 1 saturated carbocycles. The van der Waals surface area contributed by atoms with Gasteiger partial charge in [0.05, 0.1) is 6.21 Å². The van der Waals surface area contributed by atoms with Gasteiger partial charge in [-0.15, -0.1) is 0 Å². The van der Waals surface area contributed by atoms with Crippen molar-refractivity contribution in [3.63, 3.8) is 0 Å². The van der Waals surface area contributed by atoms with Gasteiger partial charge < -0.3 is 4.74 Å². The van der Waals surface area contributed by atoms with Crippen molar-refractivity contribution < 1.29 is 18.3 Å². The second-order valence-electron chi connectivity index (χ2n) is 5.09. The molecule has 0 aromatic heterocycles. The molecule has 0 spiro atoms. The summed E-state index contributed by atoms with van der Waals surface area (Å²) in [4.78, 5) is 11.5. The summed E-state index contributed by atoms with van der Waals surface area (Å²) in [6.07, 6.45) is 3.09. The Balaban J connectivity index is 1.92. The lowest BCUT2D eigenvalue weighted by molar-refractivity contribution is -0.122. The summed E-state index contributed by atoms with van der Waals surface area (Å²) in [6.45, 7) is -2.92. The predicted molar refractivity (Wildman–Crippen MR) is 79.0 cm³/mol. The number of halogens is 2. The van der Waals surface area contributed by atoms with Gasteiger partial charge in [0.15, 0.2) is 0 Å². The molecule has 1 N–H and O–H groups in total. The molecule has 1 amide bonds. The van der Waals surface area contributed by atoms with Crippen molar-refractivity contribution in [2.45, 2.75) is 19.5 Å². The van der Waals surface area contributed by atoms with Crippen LogP contribution in [0.5, 0.6) is 5.75 Å². The molecule has 1 fully saturated rings. The monoisotopic (exact) mass is 304 g/mol. The molecule has 0 heterocycles. The van der Waals surface area contributed by atoms with Crippen LogP contribution in [0.3, 0.4) is 0 Å². The average Bonchev–Trinajstić information content (AvgIpc) is 3.33. The fraction of sp³-hybridized carbons (Fsp3) is 0.250. The number of hydrogen-bond donors (Lipinski definition) is 1. The largest absolute Gasteiger partial charge is 0.434 e. The van der Waals surface area contributed by atoms with Crippen molar-refractivity contribution in [2.24, 2.45) is 11.0 Å². The fourth-order valence-corrected chi connectivity index (χ4v) is 2.20. The van der Waals surface area contributed by atoms with Gasteiger partial charge in [0.25, 0.3) is 0 Å². The summed E-state index contributed by atoms with van der Waals surface area (Å²) >= 11 is 0. The van der Waals surface area contributed by atoms with Gasteiger partial charge in [-0.2, -0.15) is 13.9 Å². The molecule has 0 atom stereocenters. The smallest absolute Gasteiger partial charge is 0.387 e. The van der Waals surface area contributed by atoms with E-state index < -0.39 is 6.61 Å². The van der Waals surface area contributed by atoms with Crippen molar-refractivity contribution in [3.05, 3.63) is 42.0 Å². The molecule has 3 rings (SSSR count). The van der Waals surface area contributed by atoms with Crippen LogP contribution >= 0.6 is 0 Å². The van der Waals surface area contributed by atoms with Gasteiger partial charge in [-0.1, -0.05) is 30.3 Å². The van der Waals surface area contributed by atoms with Gasteiger partial charge in [-0.05, 0) is 29.7 Å². The van der Waals surface area contributed by atoms with Gasteiger partial charge >= 0.3 is 6.61 Å². The Labute approximate surface area is 125 Å². The summed E-state index contributed by atoms with van der Waals surface area (Å²) in [5.74, 6) is -0.0904. The molecule has 114 valence electrons. The van der Waals surface area contributed by atoms with E-state index >= 15 is 0 Å². The fourth-order valence-electron chi connectivity index (χ4n) is 2.20. The van der Waals surface area contributed by atoms with E-state index in [1.807, 2.05) is 12.1 Å². The molecule has 6 heteroatoms. The van der Waals surface area contributed by atoms with Crippen LogP contribution in [0.15, 0.2) is 41.5 Å². The number of amides is 1. The normalized spacial score (nSPS) is 14.7. The van der Waals surface area contributed by atoms with Crippen molar-refractivity contribution in [1.29, 1.82) is 0 Å². The molecule has 22 heavy (non-hydrogen) atoms. The second kappa shape index (κ2) is 6.09. The third kappa shape index (κ3) is 3.21. The van der Waals surface area contributed by atoms with E-state index in [2.05, 4.69) is 15.3 Å². The standard InChI is InChI=1S/C16H14F2N2O2/c17-16(18)22-14-8-7-10-3-1-2-4-12(10)13(14)9-19-20-15(21)11-5-6-11/h1-4,7-9,11,16H,5-6H2,(H,20,21)/b19-9-. The average molecular weight is 304 g/mol. The summed E-state index contributed by atoms with van der Waals surface area (Å²) in [7, 11) is 0. The number of carbonyl (C=O) groups is 1. The maximum Gasteiger partial charge on any atom is 0.387 e. The summed E-state index contributed by atoms with van der Waals surface area (Å²) < 4.78 is 29.6. The Hall–Kier alpha value is -2.50. The van der Waals surface area contributed by atoms with Crippen molar-refractivity contribution >= 4 is 22.9 Å². The topological polar surface area (TPSA) is 50.7 Å². The lowest BCUT2D eigenvalue weighted by Gasteiger charge is -2.10. The van der Waals surface area contributed by atoms with E-state index in [4.69, 9.17) is 0 Å². The Morgan fingerprint density at radius 1 is 1.27 bits per heavy atom. The lowest BCUT2D eigenvalue weighted by Crippen LogP contribution is -2.19. The van der Waals surface area contributed by atoms with Crippen molar-refractivity contribution in [3.8, 4) is 5.75 Å². The number of ether oxygens (including phenoxy) is 1. The van der Waals surface area contributed by atoms with Crippen LogP contribution in [0, 0.1) is 5.92 Å². The van der Waals surface area contributed by atoms with Crippen LogP contribution < -0.4 is 10.2 Å². The number of hydrazone groups is 1. The van der Waals surface area contributed by atoms with Crippen LogP contribution in [0.2, 0.25) is 0 Å². The van der Waals surface area contributed by atoms with Crippen LogP contribution in [0.1, 0.15) is 18.4 Å². The van der Waals surface area contributed by atoms with E-state index in [0.717, 1.165) is 23.6 Å². The van der Waals surface area contributed by atoms with Crippen molar-refractivity contribution in [1.82, 2.24) is 5.43 Å². The number of alkyl halides is 2. The first kappa shape index (κ1) is 14.4. The molecule has 1 aliphatic rings. The minimum absolute atomic E-state index is 0.0260. The third-order valence-corrected chi connectivity index (χ3v) is 3.46. The summed E-state index contributed by atoms with van der Waals surface area (Å²) in [5.41, 5.74) is 2.84. The number of benzene rings is 2. The van der Waals surface area contributed by atoms with Crippen LogP contribution in [0.4, 0.5) is 8.78 Å². The highest BCUT2D eigenvalue weighted by Crippen LogP contribution is 2.29. The number of hydrogen-bond acceptors (Lipinski definition) is 3. The number of rotatable bonds is 5. The molecular weight excluding hydrogens is 290 g/mol. The molecule has 0 radical (unpaired) electrons. The highest BCUT2D eigenvalue weighted by Gasteiger charge is 2.29. The minimum atomic E-state index is -2.92. The molecular formula is C16H14F2N2O2. The summed E-state index contributed by atoms with van der Waals surface area (Å²) in [5, 5.41) is 5.47. The molecule has 0 aliphatic heterocycles. The minimum Gasteiger partial charge on any atom is -0.434 e. The quantitative estimate of drug-likeness (QED) is 0.680. The predicted octanol–water partition coefficient (Wildman–Crippen LogP) is 3.30. The molecule has 0 unspecified atom stereocenters. The highest BCUT2D eigenvalue weighted by atomic mass is 19.3. The maximum absolute atomic E-state index is 12.5. The zero-order valence-corrected chi connectivity index (χ0v) is 11.6. The summed E-state index contributed by atoms with van der Waals surface area (Å²) in [6, 6.07) is 10.5. The highest BCUT2D eigenvalue weighted by molar-refractivity contribution is 6.02. The first-order chi connectivity index (χ1) is 10.6. The van der Waals surface area contributed by atoms with Gasteiger partial charge in [-0.25, -0.2) is 5.43 Å². The van der Waals surface area contributed by atoms with Crippen LogP contribution in [-0.4, -0.2) is 18.7 Å². The van der Waals surface area contributed by atoms with Gasteiger partial charge in [0, 0.05) is 11.5 Å². The van der Waals surface area contributed by atoms with E-state index in [1.165, 1.54) is 12.3 Å². The van der Waals surface area contributed by atoms with Crippen LogP contribution in [-0.2, 0) is 4.79 Å². The zero-order chi connectivity index (χ0) is 15.5. The Morgan fingerprint density at radius 2 is 2.05 bits per heavy atom. The van der Waals surface area contributed by atoms with Crippen molar-refractivity contribution in [2.75, 3.05) is 0 Å². The van der Waals surface area contributed by atoms with E-state index in [9.17, 15) is 13.6 Å². The SMILES string of the molecule is O=C(N/N=C\c1c(OC(F)F)ccc2ccccc12)C1CC1. The molecule has 0 saturated heterocycles. The third-order valence-electron chi connectivity index (χ3n) is 3.46. The maximum atomic E-state index is 12.5. The molecule has 1 aliphatic carbocycles. The van der Waals surface area contributed by atoms with E-state index in [-0.39, 0.29) is 17.6 Å². The van der Waals surface area contributed by atoms with Gasteiger partial charge in [0.2, 0.25) is 5.91 Å². The number of fused-ring (bicyclic) bond motifs is 1. The Morgan fingerprint density at radius 3 is 2.77 bits per heavy atom. The van der Waals surface area contributed by atoms with Gasteiger partial charge in [-0.3, -0.25) is 4.79 Å².